The Morgan fingerprint density at radius 1 is 1.30 bits per heavy atom. The minimum atomic E-state index is 0.0333. The summed E-state index contributed by atoms with van der Waals surface area (Å²) in [5.41, 5.74) is 2.24. The number of likely N-dealkylation sites (tertiary alicyclic amines) is 1. The Morgan fingerprint density at radius 3 is 2.85 bits per heavy atom. The van der Waals surface area contributed by atoms with E-state index in [0.29, 0.717) is 23.0 Å². The molecule has 20 heavy (non-hydrogen) atoms. The summed E-state index contributed by atoms with van der Waals surface area (Å²) in [6.07, 6.45) is 6.19. The fourth-order valence-electron chi connectivity index (χ4n) is 3.28. The molecule has 1 aromatic rings. The van der Waals surface area contributed by atoms with Gasteiger partial charge >= 0.3 is 0 Å². The molecule has 0 spiro atoms. The van der Waals surface area contributed by atoms with Gasteiger partial charge in [-0.25, -0.2) is 0 Å². The molecule has 1 saturated heterocycles. The minimum absolute atomic E-state index is 0.0333. The minimum Gasteiger partial charge on any atom is -0.312 e. The van der Waals surface area contributed by atoms with Gasteiger partial charge in [0.15, 0.2) is 0 Å². The predicted octanol–water partition coefficient (Wildman–Crippen LogP) is 4.80. The van der Waals surface area contributed by atoms with Crippen molar-refractivity contribution in [3.8, 4) is 0 Å². The van der Waals surface area contributed by atoms with Crippen molar-refractivity contribution in [2.75, 3.05) is 0 Å². The van der Waals surface area contributed by atoms with Crippen molar-refractivity contribution in [1.82, 2.24) is 4.90 Å². The summed E-state index contributed by atoms with van der Waals surface area (Å²) < 4.78 is 0. The summed E-state index contributed by atoms with van der Waals surface area (Å²) in [7, 11) is 0. The van der Waals surface area contributed by atoms with E-state index < -0.39 is 0 Å². The maximum Gasteiger partial charge on any atom is 0.227 e. The highest BCUT2D eigenvalue weighted by Gasteiger charge is 2.44. The van der Waals surface area contributed by atoms with E-state index in [0.717, 1.165) is 18.4 Å². The largest absolute Gasteiger partial charge is 0.312 e. The first-order valence-corrected chi connectivity index (χ1v) is 7.70. The van der Waals surface area contributed by atoms with E-state index in [1.807, 2.05) is 17.0 Å². The molecule has 0 bridgehead atoms. The second kappa shape index (κ2) is 5.09. The molecule has 1 amide bonds. The van der Waals surface area contributed by atoms with Crippen LogP contribution in [0.25, 0.3) is 0 Å². The van der Waals surface area contributed by atoms with Crippen LogP contribution in [0.1, 0.15) is 38.2 Å². The number of allylic oxidation sites excluding steroid dienone is 2. The topological polar surface area (TPSA) is 20.3 Å². The highest BCUT2D eigenvalue weighted by molar-refractivity contribution is 6.42. The molecule has 1 heterocycles. The lowest BCUT2D eigenvalue weighted by Gasteiger charge is -2.31. The van der Waals surface area contributed by atoms with E-state index >= 15 is 0 Å². The molecule has 0 N–H and O–H groups in total. The van der Waals surface area contributed by atoms with Gasteiger partial charge in [-0.05, 0) is 37.0 Å². The maximum absolute atomic E-state index is 12.3. The van der Waals surface area contributed by atoms with Crippen molar-refractivity contribution in [2.24, 2.45) is 5.41 Å². The molecule has 0 aromatic heterocycles. The Morgan fingerprint density at radius 2 is 2.10 bits per heavy atom. The molecule has 1 aromatic carbocycles. The second-order valence-electron chi connectivity index (χ2n) is 5.95. The zero-order chi connectivity index (χ0) is 14.3. The Balaban J connectivity index is 1.88. The molecule has 2 aliphatic rings. The van der Waals surface area contributed by atoms with Crippen molar-refractivity contribution < 1.29 is 4.79 Å². The summed E-state index contributed by atoms with van der Waals surface area (Å²) in [6, 6.07) is 5.56. The smallest absolute Gasteiger partial charge is 0.227 e. The fraction of sp³-hybridized carbons (Fsp3) is 0.438. The van der Waals surface area contributed by atoms with Crippen molar-refractivity contribution in [1.29, 1.82) is 0 Å². The van der Waals surface area contributed by atoms with Crippen LogP contribution in [0.2, 0.25) is 10.0 Å². The molecule has 1 unspecified atom stereocenters. The van der Waals surface area contributed by atoms with Crippen molar-refractivity contribution in [2.45, 2.75) is 39.2 Å². The van der Waals surface area contributed by atoms with Gasteiger partial charge in [-0.1, -0.05) is 42.3 Å². The zero-order valence-corrected chi connectivity index (χ0v) is 13.0. The van der Waals surface area contributed by atoms with Crippen molar-refractivity contribution in [3.05, 3.63) is 45.6 Å². The number of carbonyl (C=O) groups is 1. The van der Waals surface area contributed by atoms with Crippen LogP contribution >= 0.6 is 23.2 Å². The third-order valence-corrected chi connectivity index (χ3v) is 5.09. The molecule has 3 rings (SSSR count). The van der Waals surface area contributed by atoms with Crippen LogP contribution in [-0.4, -0.2) is 10.8 Å². The first-order valence-electron chi connectivity index (χ1n) is 6.94. The van der Waals surface area contributed by atoms with Gasteiger partial charge in [0, 0.05) is 17.5 Å². The number of hydrogen-bond donors (Lipinski definition) is 0. The first kappa shape index (κ1) is 14.0. The molecule has 0 saturated carbocycles. The molecule has 1 atom stereocenters. The van der Waals surface area contributed by atoms with Crippen LogP contribution in [-0.2, 0) is 11.3 Å². The summed E-state index contributed by atoms with van der Waals surface area (Å²) in [5, 5.41) is 1.08. The van der Waals surface area contributed by atoms with E-state index in [9.17, 15) is 4.79 Å². The fourth-order valence-corrected chi connectivity index (χ4v) is 3.60. The summed E-state index contributed by atoms with van der Waals surface area (Å²) in [4.78, 5) is 14.2. The van der Waals surface area contributed by atoms with E-state index in [2.05, 4.69) is 13.0 Å². The van der Waals surface area contributed by atoms with Gasteiger partial charge < -0.3 is 4.90 Å². The van der Waals surface area contributed by atoms with Crippen LogP contribution in [0.3, 0.4) is 0 Å². The van der Waals surface area contributed by atoms with Crippen LogP contribution < -0.4 is 0 Å². The molecular formula is C16H17Cl2NO. The quantitative estimate of drug-likeness (QED) is 0.768. The normalized spacial score (nSPS) is 25.6. The number of hydrogen-bond acceptors (Lipinski definition) is 1. The van der Waals surface area contributed by atoms with Crippen LogP contribution in [0.5, 0.6) is 0 Å². The average molecular weight is 310 g/mol. The summed E-state index contributed by atoms with van der Waals surface area (Å²) >= 11 is 12.0. The Hall–Kier alpha value is -0.990. The third kappa shape index (κ3) is 2.36. The van der Waals surface area contributed by atoms with Crippen molar-refractivity contribution in [3.63, 3.8) is 0 Å². The molecule has 1 aliphatic carbocycles. The van der Waals surface area contributed by atoms with Crippen LogP contribution in [0.15, 0.2) is 30.0 Å². The summed E-state index contributed by atoms with van der Waals surface area (Å²) in [6.45, 7) is 2.78. The predicted molar refractivity (Wildman–Crippen MR) is 81.7 cm³/mol. The number of carbonyl (C=O) groups excluding carboxylic acids is 1. The van der Waals surface area contributed by atoms with Gasteiger partial charge in [-0.3, -0.25) is 4.79 Å². The lowest BCUT2D eigenvalue weighted by molar-refractivity contribution is -0.127. The van der Waals surface area contributed by atoms with Crippen LogP contribution in [0, 0.1) is 5.41 Å². The van der Waals surface area contributed by atoms with Gasteiger partial charge in [-0.15, -0.1) is 0 Å². The number of fused-ring (bicyclic) bond motifs is 1. The van der Waals surface area contributed by atoms with E-state index in [4.69, 9.17) is 23.2 Å². The SMILES string of the molecule is CC12CCCC=C1N(Cc1ccc(Cl)c(Cl)c1)C(=O)C2. The third-order valence-electron chi connectivity index (χ3n) is 4.35. The summed E-state index contributed by atoms with van der Waals surface area (Å²) in [5.74, 6) is 0.215. The molecule has 106 valence electrons. The van der Waals surface area contributed by atoms with E-state index in [1.165, 1.54) is 12.1 Å². The highest BCUT2D eigenvalue weighted by Crippen LogP contribution is 2.47. The van der Waals surface area contributed by atoms with Gasteiger partial charge in [0.2, 0.25) is 5.91 Å². The average Bonchev–Trinajstić information content (AvgIpc) is 2.65. The number of halogens is 2. The van der Waals surface area contributed by atoms with E-state index in [1.54, 1.807) is 6.07 Å². The Kier molecular flexibility index (Phi) is 3.55. The number of nitrogens with zero attached hydrogens (tertiary/aromatic N) is 1. The number of rotatable bonds is 2. The molecule has 1 fully saturated rings. The lowest BCUT2D eigenvalue weighted by atomic mass is 9.77. The van der Waals surface area contributed by atoms with Gasteiger partial charge in [0.05, 0.1) is 16.6 Å². The van der Waals surface area contributed by atoms with Gasteiger partial charge in [0.1, 0.15) is 0 Å². The highest BCUT2D eigenvalue weighted by atomic mass is 35.5. The van der Waals surface area contributed by atoms with Gasteiger partial charge in [0.25, 0.3) is 0 Å². The Labute approximate surface area is 129 Å². The second-order valence-corrected chi connectivity index (χ2v) is 6.76. The first-order chi connectivity index (χ1) is 9.49. The zero-order valence-electron chi connectivity index (χ0n) is 11.5. The lowest BCUT2D eigenvalue weighted by Crippen LogP contribution is -2.26. The van der Waals surface area contributed by atoms with Crippen LogP contribution in [0.4, 0.5) is 0 Å². The van der Waals surface area contributed by atoms with E-state index in [-0.39, 0.29) is 11.3 Å². The van der Waals surface area contributed by atoms with Gasteiger partial charge in [-0.2, -0.15) is 0 Å². The molecule has 4 heteroatoms. The molecule has 0 radical (unpaired) electrons. The number of benzene rings is 1. The molecular weight excluding hydrogens is 293 g/mol. The molecule has 1 aliphatic heterocycles. The Bertz CT molecular complexity index is 596. The standard InChI is InChI=1S/C16H17Cl2NO/c1-16-7-3-2-4-14(16)19(15(20)9-16)10-11-5-6-12(17)13(18)8-11/h4-6,8H,2-3,7,9-10H2,1H3. The van der Waals surface area contributed by atoms with Crippen molar-refractivity contribution >= 4 is 29.1 Å². The number of amides is 1. The molecule has 2 nitrogen and oxygen atoms in total. The maximum atomic E-state index is 12.3. The monoisotopic (exact) mass is 309 g/mol.